The predicted molar refractivity (Wildman–Crippen MR) is 166 cm³/mol. The predicted octanol–water partition coefficient (Wildman–Crippen LogP) is 4.80. The van der Waals surface area contributed by atoms with E-state index in [1.165, 1.54) is 16.1 Å². The lowest BCUT2D eigenvalue weighted by Gasteiger charge is -2.29. The van der Waals surface area contributed by atoms with Crippen molar-refractivity contribution >= 4 is 45.3 Å². The molecule has 2 fully saturated rings. The Hall–Kier alpha value is -3.53. The molecule has 0 radical (unpaired) electrons. The van der Waals surface area contributed by atoms with E-state index in [0.717, 1.165) is 62.3 Å². The molecule has 0 aliphatic carbocycles. The standard InChI is InChI=1S/C31H37N7OS/c1-20(2)21(3)27-16-24-18-34-31(35-25-4-6-26(7-5-25)37-13-11-32-12-14-37)36-29(24)38(30(27)39)19-23-9-15-40-28(23)22-8-10-33-17-22/h4-7,9,15-16,18,20,22,32-33H,3,8,10-14,17,19H2,1-2H3,(H,34,35,36). The zero-order valence-corrected chi connectivity index (χ0v) is 24.1. The van der Waals surface area contributed by atoms with Gasteiger partial charge in [-0.25, -0.2) is 4.98 Å². The number of piperazine rings is 1. The van der Waals surface area contributed by atoms with Crippen LogP contribution in [0.1, 0.15) is 42.2 Å². The third-order valence-electron chi connectivity index (χ3n) is 8.02. The fourth-order valence-corrected chi connectivity index (χ4v) is 6.66. The van der Waals surface area contributed by atoms with E-state index < -0.39 is 0 Å². The van der Waals surface area contributed by atoms with Gasteiger partial charge in [0.25, 0.3) is 5.56 Å². The van der Waals surface area contributed by atoms with Crippen LogP contribution in [-0.2, 0) is 6.54 Å². The highest BCUT2D eigenvalue weighted by molar-refractivity contribution is 7.10. The van der Waals surface area contributed by atoms with Gasteiger partial charge in [-0.3, -0.25) is 9.36 Å². The maximum absolute atomic E-state index is 13.9. The number of allylic oxidation sites excluding steroid dienone is 1. The first kappa shape index (κ1) is 26.7. The lowest BCUT2D eigenvalue weighted by molar-refractivity contribution is 0.589. The van der Waals surface area contributed by atoms with Crippen LogP contribution in [0.2, 0.25) is 0 Å². The Morgan fingerprint density at radius 2 is 1.95 bits per heavy atom. The van der Waals surface area contributed by atoms with Gasteiger partial charge in [-0.05, 0) is 71.8 Å². The van der Waals surface area contributed by atoms with Gasteiger partial charge in [0.2, 0.25) is 5.95 Å². The zero-order valence-electron chi connectivity index (χ0n) is 23.2. The number of rotatable bonds is 8. The van der Waals surface area contributed by atoms with Gasteiger partial charge < -0.3 is 20.9 Å². The van der Waals surface area contributed by atoms with Crippen LogP contribution in [-0.4, -0.2) is 53.8 Å². The molecular formula is C31H37N7OS. The smallest absolute Gasteiger partial charge is 0.260 e. The second kappa shape index (κ2) is 11.5. The van der Waals surface area contributed by atoms with Crippen molar-refractivity contribution in [1.82, 2.24) is 25.2 Å². The van der Waals surface area contributed by atoms with Crippen molar-refractivity contribution in [2.45, 2.75) is 32.7 Å². The normalized spacial score (nSPS) is 17.6. The van der Waals surface area contributed by atoms with E-state index in [-0.39, 0.29) is 11.5 Å². The van der Waals surface area contributed by atoms with Crippen molar-refractivity contribution in [2.75, 3.05) is 49.5 Å². The van der Waals surface area contributed by atoms with Crippen molar-refractivity contribution in [2.24, 2.45) is 5.92 Å². The van der Waals surface area contributed by atoms with E-state index in [9.17, 15) is 4.79 Å². The van der Waals surface area contributed by atoms with E-state index >= 15 is 0 Å². The Bertz CT molecular complexity index is 1560. The second-order valence-corrected chi connectivity index (χ2v) is 12.0. The largest absolute Gasteiger partial charge is 0.369 e. The highest BCUT2D eigenvalue weighted by atomic mass is 32.1. The molecule has 2 aliphatic rings. The van der Waals surface area contributed by atoms with Gasteiger partial charge in [0.05, 0.1) is 6.54 Å². The molecule has 208 valence electrons. The third-order valence-corrected chi connectivity index (χ3v) is 9.14. The molecule has 2 saturated heterocycles. The molecule has 4 aromatic rings. The second-order valence-electron chi connectivity index (χ2n) is 11.0. The summed E-state index contributed by atoms with van der Waals surface area (Å²) < 4.78 is 1.81. The van der Waals surface area contributed by atoms with Crippen molar-refractivity contribution in [3.63, 3.8) is 0 Å². The Morgan fingerprint density at radius 3 is 2.67 bits per heavy atom. The fraction of sp³-hybridized carbons (Fsp3) is 0.387. The first-order valence-corrected chi connectivity index (χ1v) is 15.1. The summed E-state index contributed by atoms with van der Waals surface area (Å²) in [5.41, 5.74) is 5.34. The summed E-state index contributed by atoms with van der Waals surface area (Å²) in [6.07, 6.45) is 2.93. The first-order chi connectivity index (χ1) is 19.5. The number of hydrogen-bond donors (Lipinski definition) is 3. The maximum atomic E-state index is 13.9. The molecule has 1 unspecified atom stereocenters. The van der Waals surface area contributed by atoms with Crippen molar-refractivity contribution in [3.05, 3.63) is 80.9 Å². The number of aromatic nitrogens is 3. The van der Waals surface area contributed by atoms with Crippen LogP contribution in [0, 0.1) is 5.92 Å². The summed E-state index contributed by atoms with van der Waals surface area (Å²) >= 11 is 1.78. The molecule has 6 rings (SSSR count). The summed E-state index contributed by atoms with van der Waals surface area (Å²) in [7, 11) is 0. The van der Waals surface area contributed by atoms with Crippen LogP contribution in [0.5, 0.6) is 0 Å². The number of benzene rings is 1. The Morgan fingerprint density at radius 1 is 1.15 bits per heavy atom. The summed E-state index contributed by atoms with van der Waals surface area (Å²) in [5.74, 6) is 1.12. The number of anilines is 3. The molecule has 1 aromatic carbocycles. The van der Waals surface area contributed by atoms with Gasteiger partial charge in [0, 0.05) is 72.0 Å². The Balaban J connectivity index is 1.35. The number of nitrogens with one attached hydrogen (secondary N) is 3. The van der Waals surface area contributed by atoms with Crippen molar-refractivity contribution in [3.8, 4) is 0 Å². The van der Waals surface area contributed by atoms with E-state index in [0.29, 0.717) is 29.6 Å². The lowest BCUT2D eigenvalue weighted by atomic mass is 9.97. The topological polar surface area (TPSA) is 87.1 Å². The minimum atomic E-state index is -0.0575. The molecule has 0 spiro atoms. The van der Waals surface area contributed by atoms with Gasteiger partial charge in [0.1, 0.15) is 5.65 Å². The molecule has 2 aliphatic heterocycles. The molecule has 40 heavy (non-hydrogen) atoms. The molecule has 0 bridgehead atoms. The van der Waals surface area contributed by atoms with E-state index in [1.54, 1.807) is 11.3 Å². The van der Waals surface area contributed by atoms with Crippen LogP contribution >= 0.6 is 11.3 Å². The molecular weight excluding hydrogens is 518 g/mol. The van der Waals surface area contributed by atoms with Crippen LogP contribution < -0.4 is 26.4 Å². The van der Waals surface area contributed by atoms with Crippen LogP contribution in [0.4, 0.5) is 17.3 Å². The molecule has 5 heterocycles. The van der Waals surface area contributed by atoms with Crippen molar-refractivity contribution in [1.29, 1.82) is 0 Å². The number of pyridine rings is 1. The zero-order chi connectivity index (χ0) is 27.6. The first-order valence-electron chi connectivity index (χ1n) is 14.2. The number of hydrogen-bond acceptors (Lipinski definition) is 8. The summed E-state index contributed by atoms with van der Waals surface area (Å²) in [6, 6.07) is 12.4. The monoisotopic (exact) mass is 555 g/mol. The minimum absolute atomic E-state index is 0.0575. The fourth-order valence-electron chi connectivity index (χ4n) is 5.60. The Labute approximate surface area is 239 Å². The molecule has 3 N–H and O–H groups in total. The summed E-state index contributed by atoms with van der Waals surface area (Å²) in [4.78, 5) is 27.2. The van der Waals surface area contributed by atoms with E-state index in [4.69, 9.17) is 4.98 Å². The summed E-state index contributed by atoms with van der Waals surface area (Å²) in [5, 5.41) is 13.2. The molecule has 0 saturated carbocycles. The van der Waals surface area contributed by atoms with Crippen LogP contribution in [0.3, 0.4) is 0 Å². The van der Waals surface area contributed by atoms with Gasteiger partial charge in [-0.15, -0.1) is 11.3 Å². The highest BCUT2D eigenvalue weighted by Crippen LogP contribution is 2.32. The average molecular weight is 556 g/mol. The molecule has 8 nitrogen and oxygen atoms in total. The molecule has 3 aromatic heterocycles. The number of nitrogens with zero attached hydrogens (tertiary/aromatic N) is 4. The number of fused-ring (bicyclic) bond motifs is 1. The molecule has 1 atom stereocenters. The SMILES string of the molecule is C=C(c1cc2cnc(Nc3ccc(N4CCNCC4)cc3)nc2n(Cc2ccsc2C2CCNC2)c1=O)C(C)C. The lowest BCUT2D eigenvalue weighted by Crippen LogP contribution is -2.43. The van der Waals surface area contributed by atoms with Gasteiger partial charge in [0.15, 0.2) is 0 Å². The van der Waals surface area contributed by atoms with Crippen LogP contribution in [0.25, 0.3) is 16.6 Å². The molecule has 0 amide bonds. The summed E-state index contributed by atoms with van der Waals surface area (Å²) in [6.45, 7) is 14.9. The Kier molecular flexibility index (Phi) is 7.69. The average Bonchev–Trinajstić information content (AvgIpc) is 3.67. The van der Waals surface area contributed by atoms with Crippen molar-refractivity contribution < 1.29 is 0 Å². The van der Waals surface area contributed by atoms with Gasteiger partial charge in [-0.1, -0.05) is 20.4 Å². The number of thiophene rings is 1. The third kappa shape index (κ3) is 5.41. The van der Waals surface area contributed by atoms with Crippen LogP contribution in [0.15, 0.2) is 59.3 Å². The maximum Gasteiger partial charge on any atom is 0.260 e. The van der Waals surface area contributed by atoms with Gasteiger partial charge >= 0.3 is 0 Å². The molecule has 9 heteroatoms. The van der Waals surface area contributed by atoms with E-state index in [1.807, 2.05) is 16.8 Å². The highest BCUT2D eigenvalue weighted by Gasteiger charge is 2.23. The van der Waals surface area contributed by atoms with Gasteiger partial charge in [-0.2, -0.15) is 4.98 Å². The van der Waals surface area contributed by atoms with E-state index in [2.05, 4.69) is 82.0 Å². The minimum Gasteiger partial charge on any atom is -0.369 e. The quantitative estimate of drug-likeness (QED) is 0.288.